The van der Waals surface area contributed by atoms with E-state index in [1.54, 1.807) is 0 Å². The highest BCUT2D eigenvalue weighted by atomic mass is 19.3. The molecular weight excluding hydrogens is 272 g/mol. The van der Waals surface area contributed by atoms with Gasteiger partial charge in [0.1, 0.15) is 0 Å². The fourth-order valence-electron chi connectivity index (χ4n) is 1.88. The number of nitrogens with two attached hydrogens (primary N) is 1. The normalized spacial score (nSPS) is 12.9. The summed E-state index contributed by atoms with van der Waals surface area (Å²) in [4.78, 5) is 10.7. The number of halogens is 2. The molecule has 1 atom stereocenters. The minimum atomic E-state index is -3.18. The van der Waals surface area contributed by atoms with Gasteiger partial charge >= 0.3 is 5.97 Å². The molecule has 3 N–H and O–H groups in total. The lowest BCUT2D eigenvalue weighted by Gasteiger charge is -2.22. The molecule has 7 heteroatoms. The zero-order chi connectivity index (χ0) is 15.5. The third kappa shape index (κ3) is 3.57. The Morgan fingerprint density at radius 1 is 1.35 bits per heavy atom. The van der Waals surface area contributed by atoms with Crippen molar-refractivity contribution in [2.45, 2.75) is 25.3 Å². The largest absolute Gasteiger partial charge is 0.493 e. The predicted octanol–water partition coefficient (Wildman–Crippen LogP) is 2.29. The van der Waals surface area contributed by atoms with Gasteiger partial charge < -0.3 is 20.3 Å². The van der Waals surface area contributed by atoms with Crippen LogP contribution in [0.3, 0.4) is 0 Å². The quantitative estimate of drug-likeness (QED) is 0.839. The predicted molar refractivity (Wildman–Crippen MR) is 68.3 cm³/mol. The Balaban J connectivity index is 3.42. The monoisotopic (exact) mass is 289 g/mol. The van der Waals surface area contributed by atoms with Crippen LogP contribution in [0, 0.1) is 0 Å². The summed E-state index contributed by atoms with van der Waals surface area (Å²) in [5, 5.41) is 8.74. The molecule has 0 saturated carbocycles. The summed E-state index contributed by atoms with van der Waals surface area (Å²) in [5.41, 5.74) is 5.35. The van der Waals surface area contributed by atoms with Gasteiger partial charge in [-0.2, -0.15) is 0 Å². The van der Waals surface area contributed by atoms with Crippen LogP contribution in [0.1, 0.15) is 30.5 Å². The third-order valence-corrected chi connectivity index (χ3v) is 2.82. The van der Waals surface area contributed by atoms with E-state index in [4.69, 9.17) is 20.3 Å². The van der Waals surface area contributed by atoms with E-state index in [9.17, 15) is 13.6 Å². The van der Waals surface area contributed by atoms with Crippen molar-refractivity contribution in [3.8, 4) is 11.5 Å². The first kappa shape index (κ1) is 16.2. The van der Waals surface area contributed by atoms with Crippen LogP contribution in [0.15, 0.2) is 12.1 Å². The SMILES string of the molecule is COc1cc(C(N)CC(=O)O)c(C(C)(F)F)cc1OC. The Morgan fingerprint density at radius 3 is 2.25 bits per heavy atom. The molecule has 0 spiro atoms. The second-order valence-corrected chi connectivity index (χ2v) is 4.39. The lowest BCUT2D eigenvalue weighted by Crippen LogP contribution is -2.21. The summed E-state index contributed by atoms with van der Waals surface area (Å²) in [6.07, 6.45) is -0.460. The molecule has 0 fully saturated rings. The number of carboxylic acids is 1. The van der Waals surface area contributed by atoms with Gasteiger partial charge in [-0.3, -0.25) is 4.79 Å². The van der Waals surface area contributed by atoms with Gasteiger partial charge in [0, 0.05) is 18.5 Å². The summed E-state index contributed by atoms with van der Waals surface area (Å²) in [6.45, 7) is 0.714. The number of carbonyl (C=O) groups is 1. The van der Waals surface area contributed by atoms with Crippen LogP contribution in [0.5, 0.6) is 11.5 Å². The van der Waals surface area contributed by atoms with Crippen LogP contribution in [0.2, 0.25) is 0 Å². The molecule has 20 heavy (non-hydrogen) atoms. The van der Waals surface area contributed by atoms with Gasteiger partial charge in [0.15, 0.2) is 11.5 Å². The van der Waals surface area contributed by atoms with Gasteiger partial charge in [-0.15, -0.1) is 0 Å². The van der Waals surface area contributed by atoms with Gasteiger partial charge in [0.2, 0.25) is 0 Å². The number of hydrogen-bond acceptors (Lipinski definition) is 4. The van der Waals surface area contributed by atoms with Gasteiger partial charge in [-0.25, -0.2) is 8.78 Å². The summed E-state index contributed by atoms with van der Waals surface area (Å²) in [7, 11) is 2.68. The number of aliphatic carboxylic acids is 1. The molecule has 1 aromatic carbocycles. The number of hydrogen-bond donors (Lipinski definition) is 2. The van der Waals surface area contributed by atoms with Crippen LogP contribution in [-0.4, -0.2) is 25.3 Å². The molecular formula is C13H17F2NO4. The van der Waals surface area contributed by atoms with E-state index < -0.39 is 24.4 Å². The van der Waals surface area contributed by atoms with E-state index in [0.717, 1.165) is 6.07 Å². The smallest absolute Gasteiger partial charge is 0.305 e. The minimum Gasteiger partial charge on any atom is -0.493 e. The Hall–Kier alpha value is -1.89. The van der Waals surface area contributed by atoms with Gasteiger partial charge in [0.25, 0.3) is 5.92 Å². The maximum Gasteiger partial charge on any atom is 0.305 e. The highest BCUT2D eigenvalue weighted by Crippen LogP contribution is 2.40. The maximum atomic E-state index is 13.7. The molecule has 1 rings (SSSR count). The van der Waals surface area contributed by atoms with Gasteiger partial charge in [-0.05, 0) is 17.7 Å². The molecule has 1 unspecified atom stereocenters. The molecule has 0 heterocycles. The molecule has 0 amide bonds. The van der Waals surface area contributed by atoms with E-state index in [2.05, 4.69) is 0 Å². The summed E-state index contributed by atoms with van der Waals surface area (Å²) < 4.78 is 37.3. The number of ether oxygens (including phenoxy) is 2. The summed E-state index contributed by atoms with van der Waals surface area (Å²) in [6, 6.07) is 1.35. The molecule has 0 aliphatic carbocycles. The standard InChI is InChI=1S/C13H17F2NO4/c1-13(14,15)8-5-11(20-3)10(19-2)4-7(8)9(16)6-12(17)18/h4-5,9H,6,16H2,1-3H3,(H,17,18). The second kappa shape index (κ2) is 6.04. The Labute approximate surface area is 115 Å². The number of carboxylic acid groups (broad SMARTS) is 1. The van der Waals surface area contributed by atoms with Crippen LogP contribution in [0.25, 0.3) is 0 Å². The van der Waals surface area contributed by atoms with Crippen molar-refractivity contribution in [1.29, 1.82) is 0 Å². The molecule has 0 aliphatic rings. The summed E-state index contributed by atoms with van der Waals surface area (Å²) >= 11 is 0. The highest BCUT2D eigenvalue weighted by molar-refractivity contribution is 5.68. The number of benzene rings is 1. The molecule has 0 radical (unpaired) electrons. The summed E-state index contributed by atoms with van der Waals surface area (Å²) in [5.74, 6) is -3.99. The Bertz CT molecular complexity index is 500. The van der Waals surface area contributed by atoms with E-state index >= 15 is 0 Å². The van der Waals surface area contributed by atoms with E-state index in [-0.39, 0.29) is 22.6 Å². The van der Waals surface area contributed by atoms with Crippen LogP contribution in [-0.2, 0) is 10.7 Å². The van der Waals surface area contributed by atoms with Gasteiger partial charge in [0.05, 0.1) is 20.6 Å². The van der Waals surface area contributed by atoms with E-state index in [1.807, 2.05) is 0 Å². The zero-order valence-electron chi connectivity index (χ0n) is 11.4. The number of alkyl halides is 2. The van der Waals surface area contributed by atoms with E-state index in [0.29, 0.717) is 6.92 Å². The first-order valence-electron chi connectivity index (χ1n) is 5.82. The van der Waals surface area contributed by atoms with Crippen molar-refractivity contribution in [1.82, 2.24) is 0 Å². The molecule has 0 aromatic heterocycles. The number of rotatable bonds is 6. The van der Waals surface area contributed by atoms with Crippen molar-refractivity contribution in [3.63, 3.8) is 0 Å². The Kier molecular flexibility index (Phi) is 4.88. The zero-order valence-corrected chi connectivity index (χ0v) is 11.4. The topological polar surface area (TPSA) is 81.8 Å². The van der Waals surface area contributed by atoms with Crippen LogP contribution < -0.4 is 15.2 Å². The molecule has 5 nitrogen and oxygen atoms in total. The third-order valence-electron chi connectivity index (χ3n) is 2.82. The average molecular weight is 289 g/mol. The lowest BCUT2D eigenvalue weighted by atomic mass is 9.94. The number of methoxy groups -OCH3 is 2. The molecule has 0 saturated heterocycles. The molecule has 112 valence electrons. The minimum absolute atomic E-state index is 0.0255. The molecule has 0 aliphatic heterocycles. The first-order valence-corrected chi connectivity index (χ1v) is 5.82. The molecule has 0 bridgehead atoms. The van der Waals surface area contributed by atoms with Crippen molar-refractivity contribution < 1.29 is 28.2 Å². The first-order chi connectivity index (χ1) is 9.20. The van der Waals surface area contributed by atoms with Crippen molar-refractivity contribution in [2.75, 3.05) is 14.2 Å². The maximum absolute atomic E-state index is 13.7. The molecule has 1 aromatic rings. The van der Waals surface area contributed by atoms with Crippen molar-refractivity contribution in [2.24, 2.45) is 5.73 Å². The fourth-order valence-corrected chi connectivity index (χ4v) is 1.88. The second-order valence-electron chi connectivity index (χ2n) is 4.39. The van der Waals surface area contributed by atoms with Crippen molar-refractivity contribution in [3.05, 3.63) is 23.3 Å². The Morgan fingerprint density at radius 2 is 1.85 bits per heavy atom. The fraction of sp³-hybridized carbons (Fsp3) is 0.462. The van der Waals surface area contributed by atoms with Crippen LogP contribution >= 0.6 is 0 Å². The lowest BCUT2D eigenvalue weighted by molar-refractivity contribution is -0.137. The van der Waals surface area contributed by atoms with Gasteiger partial charge in [-0.1, -0.05) is 0 Å². The van der Waals surface area contributed by atoms with Crippen molar-refractivity contribution >= 4 is 5.97 Å². The average Bonchev–Trinajstić information content (AvgIpc) is 2.35. The van der Waals surface area contributed by atoms with E-state index in [1.165, 1.54) is 20.3 Å². The van der Waals surface area contributed by atoms with Crippen LogP contribution in [0.4, 0.5) is 8.78 Å². The highest BCUT2D eigenvalue weighted by Gasteiger charge is 2.32.